The highest BCUT2D eigenvalue weighted by Crippen LogP contribution is 2.19. The van der Waals surface area contributed by atoms with E-state index in [2.05, 4.69) is 14.7 Å². The lowest BCUT2D eigenvalue weighted by Crippen LogP contribution is -2.04. The molecule has 6 nitrogen and oxygen atoms in total. The molecule has 0 radical (unpaired) electrons. The molecule has 0 atom stereocenters. The van der Waals surface area contributed by atoms with Gasteiger partial charge in [0.1, 0.15) is 5.75 Å². The van der Waals surface area contributed by atoms with Crippen molar-refractivity contribution in [2.45, 2.75) is 0 Å². The second-order valence-corrected chi connectivity index (χ2v) is 3.47. The molecule has 6 heteroatoms. The second kappa shape index (κ2) is 5.60. The summed E-state index contributed by atoms with van der Waals surface area (Å²) >= 11 is 0. The van der Waals surface area contributed by atoms with Crippen molar-refractivity contribution in [2.75, 3.05) is 7.11 Å². The van der Waals surface area contributed by atoms with E-state index in [4.69, 9.17) is 10.00 Å². The van der Waals surface area contributed by atoms with Crippen LogP contribution in [0.1, 0.15) is 16.1 Å². The van der Waals surface area contributed by atoms with Crippen molar-refractivity contribution < 1.29 is 14.3 Å². The highest BCUT2D eigenvalue weighted by Gasteiger charge is 2.08. The number of hydrogen-bond donors (Lipinski definition) is 0. The fraction of sp³-hybridized carbons (Fsp3) is 0.0769. The van der Waals surface area contributed by atoms with Crippen molar-refractivity contribution in [3.8, 4) is 17.7 Å². The van der Waals surface area contributed by atoms with E-state index < -0.39 is 5.97 Å². The van der Waals surface area contributed by atoms with Gasteiger partial charge in [-0.05, 0) is 18.2 Å². The average Bonchev–Trinajstić information content (AvgIpc) is 2.47. The third-order valence-corrected chi connectivity index (χ3v) is 2.21. The minimum absolute atomic E-state index is 0.0978. The van der Waals surface area contributed by atoms with Crippen LogP contribution in [0.2, 0.25) is 0 Å². The number of nitriles is 1. The molecule has 1 aromatic carbocycles. The predicted molar refractivity (Wildman–Crippen MR) is 64.6 cm³/mol. The molecule has 0 aliphatic rings. The summed E-state index contributed by atoms with van der Waals surface area (Å²) in [7, 11) is 1.27. The molecule has 0 saturated heterocycles. The van der Waals surface area contributed by atoms with E-state index in [0.29, 0.717) is 11.3 Å². The molecule has 0 unspecified atom stereocenters. The number of carbonyl (C=O) groups is 1. The fourth-order valence-electron chi connectivity index (χ4n) is 1.33. The molecule has 1 heterocycles. The molecular weight excluding hydrogens is 246 g/mol. The SMILES string of the molecule is COC(=O)c1cnc(Oc2cccc(C#N)c2)cn1. The van der Waals surface area contributed by atoms with Gasteiger partial charge >= 0.3 is 5.97 Å². The molecule has 0 N–H and O–H groups in total. The first kappa shape index (κ1) is 12.5. The van der Waals surface area contributed by atoms with Crippen LogP contribution < -0.4 is 4.74 Å². The molecule has 0 spiro atoms. The third-order valence-electron chi connectivity index (χ3n) is 2.21. The van der Waals surface area contributed by atoms with Crippen LogP contribution in [0.4, 0.5) is 0 Å². The Morgan fingerprint density at radius 1 is 1.32 bits per heavy atom. The van der Waals surface area contributed by atoms with Gasteiger partial charge in [0.05, 0.1) is 31.1 Å². The number of hydrogen-bond acceptors (Lipinski definition) is 6. The Balaban J connectivity index is 2.15. The van der Waals surface area contributed by atoms with E-state index >= 15 is 0 Å². The summed E-state index contributed by atoms with van der Waals surface area (Å²) in [4.78, 5) is 19.0. The highest BCUT2D eigenvalue weighted by molar-refractivity contribution is 5.86. The molecule has 0 bridgehead atoms. The highest BCUT2D eigenvalue weighted by atomic mass is 16.5. The molecule has 2 aromatic rings. The summed E-state index contributed by atoms with van der Waals surface area (Å²) < 4.78 is 9.92. The zero-order valence-electron chi connectivity index (χ0n) is 10.0. The van der Waals surface area contributed by atoms with Crippen LogP contribution in [0, 0.1) is 11.3 Å². The fourth-order valence-corrected chi connectivity index (χ4v) is 1.33. The first-order valence-electron chi connectivity index (χ1n) is 5.31. The van der Waals surface area contributed by atoms with Gasteiger partial charge in [-0.3, -0.25) is 0 Å². The lowest BCUT2D eigenvalue weighted by molar-refractivity contribution is 0.0593. The molecular formula is C13H9N3O3. The van der Waals surface area contributed by atoms with Crippen LogP contribution in [0.5, 0.6) is 11.6 Å². The molecule has 94 valence electrons. The standard InChI is InChI=1S/C13H9N3O3/c1-18-13(17)11-7-16-12(8-15-11)19-10-4-2-3-9(5-10)6-14/h2-5,7-8H,1H3. The van der Waals surface area contributed by atoms with Gasteiger partial charge in [-0.25, -0.2) is 14.8 Å². The van der Waals surface area contributed by atoms with Crippen molar-refractivity contribution in [3.05, 3.63) is 47.9 Å². The first-order valence-corrected chi connectivity index (χ1v) is 5.31. The van der Waals surface area contributed by atoms with Crippen molar-refractivity contribution in [1.82, 2.24) is 9.97 Å². The van der Waals surface area contributed by atoms with E-state index in [1.807, 2.05) is 6.07 Å². The molecule has 0 saturated carbocycles. The van der Waals surface area contributed by atoms with Crippen molar-refractivity contribution in [3.63, 3.8) is 0 Å². The predicted octanol–water partition coefficient (Wildman–Crippen LogP) is 1.93. The summed E-state index contributed by atoms with van der Waals surface area (Å²) in [5.74, 6) is 0.132. The van der Waals surface area contributed by atoms with Gasteiger partial charge in [0, 0.05) is 0 Å². The van der Waals surface area contributed by atoms with Crippen LogP contribution in [-0.4, -0.2) is 23.0 Å². The number of rotatable bonds is 3. The van der Waals surface area contributed by atoms with Crippen LogP contribution in [0.25, 0.3) is 0 Å². The van der Waals surface area contributed by atoms with Gasteiger partial charge in [0.15, 0.2) is 5.69 Å². The minimum Gasteiger partial charge on any atom is -0.464 e. The Hall–Kier alpha value is -2.94. The third kappa shape index (κ3) is 3.04. The number of methoxy groups -OCH3 is 1. The molecule has 2 rings (SSSR count). The Morgan fingerprint density at radius 2 is 2.16 bits per heavy atom. The Bertz CT molecular complexity index is 632. The van der Waals surface area contributed by atoms with Crippen molar-refractivity contribution >= 4 is 5.97 Å². The Kier molecular flexibility index (Phi) is 3.69. The topological polar surface area (TPSA) is 85.1 Å². The molecule has 1 aromatic heterocycles. The van der Waals surface area contributed by atoms with E-state index in [0.717, 1.165) is 0 Å². The monoisotopic (exact) mass is 255 g/mol. The van der Waals surface area contributed by atoms with Crippen LogP contribution in [0.15, 0.2) is 36.7 Å². The molecule has 0 fully saturated rings. The minimum atomic E-state index is -0.564. The average molecular weight is 255 g/mol. The number of esters is 1. The normalized spacial score (nSPS) is 9.47. The van der Waals surface area contributed by atoms with Gasteiger partial charge in [0.25, 0.3) is 0 Å². The summed E-state index contributed by atoms with van der Waals surface area (Å²) in [5.41, 5.74) is 0.581. The van der Waals surface area contributed by atoms with Gasteiger partial charge in [0.2, 0.25) is 5.88 Å². The summed E-state index contributed by atoms with van der Waals surface area (Å²) in [6.07, 6.45) is 2.57. The van der Waals surface area contributed by atoms with Gasteiger partial charge < -0.3 is 9.47 Å². The zero-order chi connectivity index (χ0) is 13.7. The molecule has 0 aliphatic heterocycles. The largest absolute Gasteiger partial charge is 0.464 e. The zero-order valence-corrected chi connectivity index (χ0v) is 10.0. The quantitative estimate of drug-likeness (QED) is 0.779. The number of nitrogens with zero attached hydrogens (tertiary/aromatic N) is 3. The number of benzene rings is 1. The van der Waals surface area contributed by atoms with Gasteiger partial charge in [-0.1, -0.05) is 6.07 Å². The smallest absolute Gasteiger partial charge is 0.358 e. The maximum Gasteiger partial charge on any atom is 0.358 e. The van der Waals surface area contributed by atoms with Gasteiger partial charge in [-0.2, -0.15) is 5.26 Å². The van der Waals surface area contributed by atoms with E-state index in [9.17, 15) is 4.79 Å². The molecule has 0 aliphatic carbocycles. The Labute approximate surface area is 109 Å². The summed E-state index contributed by atoms with van der Waals surface area (Å²) in [5, 5.41) is 8.77. The van der Waals surface area contributed by atoms with Gasteiger partial charge in [-0.15, -0.1) is 0 Å². The summed E-state index contributed by atoms with van der Waals surface area (Å²) in [6.45, 7) is 0. The number of ether oxygens (including phenoxy) is 2. The lowest BCUT2D eigenvalue weighted by Gasteiger charge is -2.04. The van der Waals surface area contributed by atoms with Crippen molar-refractivity contribution in [2.24, 2.45) is 0 Å². The van der Waals surface area contributed by atoms with E-state index in [1.165, 1.54) is 19.5 Å². The molecule has 0 amide bonds. The van der Waals surface area contributed by atoms with Crippen LogP contribution in [-0.2, 0) is 4.74 Å². The van der Waals surface area contributed by atoms with E-state index in [1.54, 1.807) is 24.3 Å². The molecule has 19 heavy (non-hydrogen) atoms. The number of aromatic nitrogens is 2. The lowest BCUT2D eigenvalue weighted by atomic mass is 10.2. The van der Waals surface area contributed by atoms with E-state index in [-0.39, 0.29) is 11.6 Å². The maximum absolute atomic E-state index is 11.2. The summed E-state index contributed by atoms with van der Waals surface area (Å²) in [6, 6.07) is 8.64. The van der Waals surface area contributed by atoms with Crippen LogP contribution in [0.3, 0.4) is 0 Å². The maximum atomic E-state index is 11.2. The number of carbonyl (C=O) groups excluding carboxylic acids is 1. The van der Waals surface area contributed by atoms with Crippen LogP contribution >= 0.6 is 0 Å². The Morgan fingerprint density at radius 3 is 2.79 bits per heavy atom. The first-order chi connectivity index (χ1) is 9.22. The van der Waals surface area contributed by atoms with Crippen molar-refractivity contribution in [1.29, 1.82) is 5.26 Å². The second-order valence-electron chi connectivity index (χ2n) is 3.47.